The number of fused-ring (bicyclic) bond motifs is 1. The summed E-state index contributed by atoms with van der Waals surface area (Å²) in [6.45, 7) is 0.975. The molecule has 3 rings (SSSR count). The number of thioether (sulfide) groups is 1. The number of furan rings is 1. The third-order valence-corrected chi connectivity index (χ3v) is 3.46. The summed E-state index contributed by atoms with van der Waals surface area (Å²) in [6.07, 6.45) is 2.67. The fourth-order valence-electron chi connectivity index (χ4n) is 1.76. The molecule has 0 aliphatic carbocycles. The van der Waals surface area contributed by atoms with Crippen molar-refractivity contribution in [3.8, 4) is 11.6 Å². The summed E-state index contributed by atoms with van der Waals surface area (Å²) in [6, 6.07) is 3.80. The smallest absolute Gasteiger partial charge is 0.199 e. The maximum Gasteiger partial charge on any atom is 0.199 e. The molecule has 1 aliphatic rings. The summed E-state index contributed by atoms with van der Waals surface area (Å²) in [4.78, 5) is 0. The lowest BCUT2D eigenvalue weighted by atomic mass is 10.4. The Morgan fingerprint density at radius 1 is 1.33 bits per heavy atom. The second-order valence-electron chi connectivity index (χ2n) is 3.43. The van der Waals surface area contributed by atoms with Crippen LogP contribution in [0.4, 0.5) is 0 Å². The van der Waals surface area contributed by atoms with Crippen molar-refractivity contribution in [2.75, 3.05) is 11.5 Å². The van der Waals surface area contributed by atoms with Crippen LogP contribution in [0.2, 0.25) is 0 Å². The fraction of sp³-hybridized carbons (Fsp3) is 0.400. The average molecular weight is 221 g/mol. The van der Waals surface area contributed by atoms with Gasteiger partial charge in [0.25, 0.3) is 0 Å². The first-order valence-corrected chi connectivity index (χ1v) is 6.14. The maximum absolute atomic E-state index is 5.35. The summed E-state index contributed by atoms with van der Waals surface area (Å²) >= 11 is 1.96. The molecule has 0 aromatic carbocycles. The molecule has 1 aliphatic heterocycles. The molecule has 0 radical (unpaired) electrons. The van der Waals surface area contributed by atoms with Crippen LogP contribution in [0.1, 0.15) is 5.82 Å². The summed E-state index contributed by atoms with van der Waals surface area (Å²) < 4.78 is 7.52. The molecule has 0 atom stereocenters. The van der Waals surface area contributed by atoms with Crippen LogP contribution in [-0.2, 0) is 13.0 Å². The van der Waals surface area contributed by atoms with Gasteiger partial charge in [0.2, 0.25) is 0 Å². The zero-order valence-corrected chi connectivity index (χ0v) is 9.04. The average Bonchev–Trinajstić information content (AvgIpc) is 2.83. The number of aromatic nitrogens is 3. The van der Waals surface area contributed by atoms with Gasteiger partial charge in [-0.15, -0.1) is 10.2 Å². The normalized spacial score (nSPS) is 16.0. The first kappa shape index (κ1) is 9.03. The molecule has 5 heteroatoms. The Labute approximate surface area is 91.7 Å². The zero-order chi connectivity index (χ0) is 10.1. The molecular weight excluding hydrogens is 210 g/mol. The molecule has 0 bridgehead atoms. The van der Waals surface area contributed by atoms with Gasteiger partial charge < -0.3 is 8.98 Å². The largest absolute Gasteiger partial charge is 0.461 e. The Bertz CT molecular complexity index is 449. The third kappa shape index (κ3) is 1.56. The van der Waals surface area contributed by atoms with Crippen LogP contribution in [0.25, 0.3) is 11.6 Å². The second kappa shape index (κ2) is 3.73. The van der Waals surface area contributed by atoms with Gasteiger partial charge in [0.15, 0.2) is 11.6 Å². The minimum atomic E-state index is 0.806. The van der Waals surface area contributed by atoms with E-state index < -0.39 is 0 Å². The Morgan fingerprint density at radius 3 is 3.20 bits per heavy atom. The Kier molecular flexibility index (Phi) is 2.25. The number of aryl methyl sites for hydroxylation is 1. The minimum absolute atomic E-state index is 0.806. The Morgan fingerprint density at radius 2 is 2.33 bits per heavy atom. The topological polar surface area (TPSA) is 43.9 Å². The van der Waals surface area contributed by atoms with Crippen LogP contribution in [-0.4, -0.2) is 26.3 Å². The predicted octanol–water partition coefficient (Wildman–Crippen LogP) is 1.83. The molecule has 15 heavy (non-hydrogen) atoms. The van der Waals surface area contributed by atoms with E-state index in [0.29, 0.717) is 0 Å². The van der Waals surface area contributed by atoms with Gasteiger partial charge in [-0.2, -0.15) is 11.8 Å². The molecule has 0 N–H and O–H groups in total. The van der Waals surface area contributed by atoms with Gasteiger partial charge in [0, 0.05) is 24.5 Å². The molecule has 0 saturated heterocycles. The lowest BCUT2D eigenvalue weighted by molar-refractivity contribution is 0.569. The highest BCUT2D eigenvalue weighted by Crippen LogP contribution is 2.22. The fourth-order valence-corrected chi connectivity index (χ4v) is 2.61. The summed E-state index contributed by atoms with van der Waals surface area (Å²) in [5.74, 6) is 5.00. The number of hydrogen-bond acceptors (Lipinski definition) is 4. The molecule has 3 heterocycles. The molecule has 0 amide bonds. The first-order valence-electron chi connectivity index (χ1n) is 4.99. The van der Waals surface area contributed by atoms with E-state index in [-0.39, 0.29) is 0 Å². The number of rotatable bonds is 1. The number of nitrogens with zero attached hydrogens (tertiary/aromatic N) is 3. The van der Waals surface area contributed by atoms with Crippen molar-refractivity contribution in [2.24, 2.45) is 0 Å². The van der Waals surface area contributed by atoms with Crippen molar-refractivity contribution in [1.29, 1.82) is 0 Å². The highest BCUT2D eigenvalue weighted by molar-refractivity contribution is 7.99. The van der Waals surface area contributed by atoms with E-state index in [4.69, 9.17) is 4.42 Å². The summed E-state index contributed by atoms with van der Waals surface area (Å²) in [5, 5.41) is 8.40. The van der Waals surface area contributed by atoms with Gasteiger partial charge >= 0.3 is 0 Å². The van der Waals surface area contributed by atoms with Gasteiger partial charge in [-0.25, -0.2) is 0 Å². The van der Waals surface area contributed by atoms with E-state index >= 15 is 0 Å². The van der Waals surface area contributed by atoms with Crippen molar-refractivity contribution in [1.82, 2.24) is 14.8 Å². The van der Waals surface area contributed by atoms with Crippen LogP contribution < -0.4 is 0 Å². The van der Waals surface area contributed by atoms with Crippen molar-refractivity contribution >= 4 is 11.8 Å². The van der Waals surface area contributed by atoms with Crippen molar-refractivity contribution in [3.05, 3.63) is 24.2 Å². The van der Waals surface area contributed by atoms with Crippen molar-refractivity contribution in [3.63, 3.8) is 0 Å². The molecule has 0 fully saturated rings. The lowest BCUT2D eigenvalue weighted by Crippen LogP contribution is -2.04. The predicted molar refractivity (Wildman–Crippen MR) is 58.8 cm³/mol. The van der Waals surface area contributed by atoms with E-state index in [1.807, 2.05) is 23.9 Å². The first-order chi connectivity index (χ1) is 7.45. The highest BCUT2D eigenvalue weighted by atomic mass is 32.2. The molecule has 2 aromatic heterocycles. The second-order valence-corrected chi connectivity index (χ2v) is 4.66. The Balaban J connectivity index is 2.06. The van der Waals surface area contributed by atoms with Gasteiger partial charge in [-0.05, 0) is 12.1 Å². The van der Waals surface area contributed by atoms with Gasteiger partial charge in [-0.3, -0.25) is 0 Å². The molecule has 78 valence electrons. The molecule has 0 unspecified atom stereocenters. The van der Waals surface area contributed by atoms with Crippen molar-refractivity contribution in [2.45, 2.75) is 13.0 Å². The maximum atomic E-state index is 5.35. The van der Waals surface area contributed by atoms with E-state index in [1.54, 1.807) is 6.26 Å². The monoisotopic (exact) mass is 221 g/mol. The van der Waals surface area contributed by atoms with Crippen LogP contribution in [0.5, 0.6) is 0 Å². The van der Waals surface area contributed by atoms with E-state index in [2.05, 4.69) is 14.8 Å². The van der Waals surface area contributed by atoms with Crippen LogP contribution in [0.3, 0.4) is 0 Å². The molecule has 0 spiro atoms. The SMILES string of the molecule is c1coc(-c2nnc3n2CCSCC3)c1. The standard InChI is InChI=1S/C10H11N3OS/c1-2-8(14-5-1)10-12-11-9-3-6-15-7-4-13(9)10/h1-2,5H,3-4,6-7H2. The third-order valence-electron chi connectivity index (χ3n) is 2.50. The number of hydrogen-bond donors (Lipinski definition) is 0. The van der Waals surface area contributed by atoms with Crippen LogP contribution in [0, 0.1) is 0 Å². The quantitative estimate of drug-likeness (QED) is 0.737. The Hall–Kier alpha value is -1.23. The lowest BCUT2D eigenvalue weighted by Gasteiger charge is -2.03. The minimum Gasteiger partial charge on any atom is -0.461 e. The van der Waals surface area contributed by atoms with Gasteiger partial charge in [0.1, 0.15) is 5.82 Å². The van der Waals surface area contributed by atoms with Crippen LogP contribution >= 0.6 is 11.8 Å². The van der Waals surface area contributed by atoms with Gasteiger partial charge in [-0.1, -0.05) is 0 Å². The highest BCUT2D eigenvalue weighted by Gasteiger charge is 2.17. The molecular formula is C10H11N3OS. The van der Waals surface area contributed by atoms with Crippen molar-refractivity contribution < 1.29 is 4.42 Å². The van der Waals surface area contributed by atoms with E-state index in [0.717, 1.165) is 41.9 Å². The molecule has 2 aromatic rings. The molecule has 0 saturated carbocycles. The summed E-state index contributed by atoms with van der Waals surface area (Å²) in [7, 11) is 0. The van der Waals surface area contributed by atoms with E-state index in [9.17, 15) is 0 Å². The van der Waals surface area contributed by atoms with E-state index in [1.165, 1.54) is 0 Å². The molecule has 4 nitrogen and oxygen atoms in total. The van der Waals surface area contributed by atoms with Gasteiger partial charge in [0.05, 0.1) is 6.26 Å². The van der Waals surface area contributed by atoms with Crippen LogP contribution in [0.15, 0.2) is 22.8 Å². The summed E-state index contributed by atoms with van der Waals surface area (Å²) in [5.41, 5.74) is 0. The zero-order valence-electron chi connectivity index (χ0n) is 8.22.